The Labute approximate surface area is 156 Å². The Morgan fingerprint density at radius 3 is 2.54 bits per heavy atom. The van der Waals surface area contributed by atoms with Crippen molar-refractivity contribution < 1.29 is 4.79 Å². The lowest BCUT2D eigenvalue weighted by molar-refractivity contribution is 0.0684. The second-order valence-corrected chi connectivity index (χ2v) is 6.88. The third-order valence-electron chi connectivity index (χ3n) is 4.05. The molecule has 0 saturated carbocycles. The maximum absolute atomic E-state index is 13.0. The van der Waals surface area contributed by atoms with Crippen molar-refractivity contribution in [1.82, 2.24) is 19.8 Å². The van der Waals surface area contributed by atoms with Crippen LogP contribution in [0.25, 0.3) is 0 Å². The van der Waals surface area contributed by atoms with Crippen LogP contribution in [0.15, 0.2) is 42.7 Å². The van der Waals surface area contributed by atoms with Crippen LogP contribution >= 0.6 is 0 Å². The van der Waals surface area contributed by atoms with E-state index in [1.807, 2.05) is 49.1 Å². The van der Waals surface area contributed by atoms with E-state index in [1.54, 1.807) is 6.07 Å². The average Bonchev–Trinajstić information content (AvgIpc) is 2.63. The van der Waals surface area contributed by atoms with Crippen molar-refractivity contribution in [3.8, 4) is 0 Å². The minimum atomic E-state index is -0.0809. The van der Waals surface area contributed by atoms with Crippen LogP contribution < -0.4 is 5.32 Å². The fraction of sp³-hybridized carbons (Fsp3) is 0.450. The highest BCUT2D eigenvalue weighted by Crippen LogP contribution is 2.14. The Balaban J connectivity index is 2.05. The summed E-state index contributed by atoms with van der Waals surface area (Å²) < 4.78 is 0. The number of nitrogens with zero attached hydrogens (tertiary/aromatic N) is 4. The van der Waals surface area contributed by atoms with Crippen LogP contribution in [0, 0.1) is 0 Å². The molecular formula is C20H29N5O. The molecule has 0 aliphatic rings. The molecule has 6 nitrogen and oxygen atoms in total. The van der Waals surface area contributed by atoms with E-state index in [-0.39, 0.29) is 11.9 Å². The smallest absolute Gasteiger partial charge is 0.273 e. The molecule has 1 amide bonds. The van der Waals surface area contributed by atoms with Gasteiger partial charge in [0.2, 0.25) is 0 Å². The number of nitrogens with one attached hydrogen (secondary N) is 1. The second-order valence-electron chi connectivity index (χ2n) is 6.88. The van der Waals surface area contributed by atoms with Crippen molar-refractivity contribution in [2.75, 3.05) is 32.5 Å². The molecule has 0 aliphatic carbocycles. The number of carbonyl (C=O) groups is 1. The first-order chi connectivity index (χ1) is 12.5. The molecule has 26 heavy (non-hydrogen) atoms. The summed E-state index contributed by atoms with van der Waals surface area (Å²) in [5.74, 6) is 0.605. The highest BCUT2D eigenvalue weighted by molar-refractivity contribution is 5.93. The SMILES string of the molecule is CC(C)N(Cc1ccccc1)C(=O)c1cc(NCCCN(C)C)ncn1. The molecule has 6 heteroatoms. The first-order valence-corrected chi connectivity index (χ1v) is 9.03. The Hall–Kier alpha value is -2.47. The van der Waals surface area contributed by atoms with Gasteiger partial charge in [-0.05, 0) is 46.5 Å². The van der Waals surface area contributed by atoms with Crippen LogP contribution in [0.3, 0.4) is 0 Å². The van der Waals surface area contributed by atoms with Gasteiger partial charge in [-0.15, -0.1) is 0 Å². The summed E-state index contributed by atoms with van der Waals surface area (Å²) >= 11 is 0. The van der Waals surface area contributed by atoms with Gasteiger partial charge in [0, 0.05) is 25.2 Å². The number of amides is 1. The second kappa shape index (κ2) is 9.87. The molecule has 0 bridgehead atoms. The van der Waals surface area contributed by atoms with Gasteiger partial charge in [0.05, 0.1) is 0 Å². The van der Waals surface area contributed by atoms with Gasteiger partial charge in [0.15, 0.2) is 0 Å². The van der Waals surface area contributed by atoms with Gasteiger partial charge in [0.1, 0.15) is 17.8 Å². The third kappa shape index (κ3) is 6.11. The quantitative estimate of drug-likeness (QED) is 0.701. The van der Waals surface area contributed by atoms with Crippen LogP contribution in [0.5, 0.6) is 0 Å². The molecule has 0 saturated heterocycles. The normalized spacial score (nSPS) is 11.0. The van der Waals surface area contributed by atoms with Gasteiger partial charge >= 0.3 is 0 Å². The van der Waals surface area contributed by atoms with Crippen molar-refractivity contribution in [2.45, 2.75) is 32.9 Å². The van der Waals surface area contributed by atoms with Gasteiger partial charge in [-0.2, -0.15) is 0 Å². The number of anilines is 1. The molecule has 2 aromatic rings. The Kier molecular flexibility index (Phi) is 7.53. The maximum Gasteiger partial charge on any atom is 0.273 e. The van der Waals surface area contributed by atoms with Crippen LogP contribution in [0.1, 0.15) is 36.3 Å². The van der Waals surface area contributed by atoms with E-state index in [0.717, 1.165) is 25.1 Å². The predicted molar refractivity (Wildman–Crippen MR) is 105 cm³/mol. The summed E-state index contributed by atoms with van der Waals surface area (Å²) in [6.07, 6.45) is 2.45. The Bertz CT molecular complexity index is 688. The van der Waals surface area contributed by atoms with Crippen molar-refractivity contribution in [3.63, 3.8) is 0 Å². The molecule has 140 valence electrons. The molecule has 2 rings (SSSR count). The van der Waals surface area contributed by atoms with Gasteiger partial charge < -0.3 is 15.1 Å². The largest absolute Gasteiger partial charge is 0.370 e. The fourth-order valence-electron chi connectivity index (χ4n) is 2.60. The molecule has 0 atom stereocenters. The number of rotatable bonds is 9. The molecule has 1 N–H and O–H groups in total. The monoisotopic (exact) mass is 355 g/mol. The summed E-state index contributed by atoms with van der Waals surface area (Å²) in [6, 6.07) is 11.8. The molecule has 0 radical (unpaired) electrons. The summed E-state index contributed by atoms with van der Waals surface area (Å²) in [5.41, 5.74) is 1.52. The fourth-order valence-corrected chi connectivity index (χ4v) is 2.60. The zero-order chi connectivity index (χ0) is 18.9. The lowest BCUT2D eigenvalue weighted by atomic mass is 10.1. The summed E-state index contributed by atoms with van der Waals surface area (Å²) in [7, 11) is 4.10. The number of benzene rings is 1. The predicted octanol–water partition coefficient (Wildman–Crippen LogP) is 2.89. The van der Waals surface area contributed by atoms with Gasteiger partial charge in [-0.25, -0.2) is 9.97 Å². The lowest BCUT2D eigenvalue weighted by Crippen LogP contribution is -2.37. The number of carbonyl (C=O) groups excluding carboxylic acids is 1. The zero-order valence-electron chi connectivity index (χ0n) is 16.1. The molecule has 0 unspecified atom stereocenters. The average molecular weight is 355 g/mol. The van der Waals surface area contributed by atoms with Crippen LogP contribution in [-0.4, -0.2) is 58.9 Å². The lowest BCUT2D eigenvalue weighted by Gasteiger charge is -2.26. The highest BCUT2D eigenvalue weighted by atomic mass is 16.2. The molecule has 0 fully saturated rings. The maximum atomic E-state index is 13.0. The van der Waals surface area contributed by atoms with E-state index in [4.69, 9.17) is 0 Å². The van der Waals surface area contributed by atoms with Gasteiger partial charge in [-0.3, -0.25) is 4.79 Å². The number of hydrogen-bond acceptors (Lipinski definition) is 5. The Morgan fingerprint density at radius 1 is 1.15 bits per heavy atom. The van der Waals surface area contributed by atoms with E-state index in [2.05, 4.69) is 34.3 Å². The van der Waals surface area contributed by atoms with E-state index in [0.29, 0.717) is 18.1 Å². The zero-order valence-corrected chi connectivity index (χ0v) is 16.1. The Morgan fingerprint density at radius 2 is 1.88 bits per heavy atom. The van der Waals surface area contributed by atoms with Gasteiger partial charge in [0.25, 0.3) is 5.91 Å². The first kappa shape index (κ1) is 19.8. The number of aromatic nitrogens is 2. The van der Waals surface area contributed by atoms with E-state index >= 15 is 0 Å². The topological polar surface area (TPSA) is 61.4 Å². The van der Waals surface area contributed by atoms with Crippen LogP contribution in [0.4, 0.5) is 5.82 Å². The summed E-state index contributed by atoms with van der Waals surface area (Å²) in [4.78, 5) is 25.3. The molecule has 1 aromatic carbocycles. The van der Waals surface area contributed by atoms with E-state index < -0.39 is 0 Å². The van der Waals surface area contributed by atoms with Gasteiger partial charge in [-0.1, -0.05) is 30.3 Å². The van der Waals surface area contributed by atoms with Crippen molar-refractivity contribution in [3.05, 3.63) is 54.0 Å². The highest BCUT2D eigenvalue weighted by Gasteiger charge is 2.20. The van der Waals surface area contributed by atoms with E-state index in [9.17, 15) is 4.79 Å². The summed E-state index contributed by atoms with van der Waals surface area (Å²) in [6.45, 7) is 6.40. The minimum absolute atomic E-state index is 0.0779. The van der Waals surface area contributed by atoms with Crippen LogP contribution in [0.2, 0.25) is 0 Å². The number of hydrogen-bond donors (Lipinski definition) is 1. The first-order valence-electron chi connectivity index (χ1n) is 9.03. The minimum Gasteiger partial charge on any atom is -0.370 e. The molecule has 0 spiro atoms. The molecule has 1 aromatic heterocycles. The van der Waals surface area contributed by atoms with Crippen molar-refractivity contribution in [1.29, 1.82) is 0 Å². The van der Waals surface area contributed by atoms with E-state index in [1.165, 1.54) is 6.33 Å². The standard InChI is InChI=1S/C20H29N5O/c1-16(2)25(14-17-9-6-5-7-10-17)20(26)18-13-19(23-15-22-18)21-11-8-12-24(3)4/h5-7,9-10,13,15-16H,8,11-12,14H2,1-4H3,(H,21,22,23). The van der Waals surface area contributed by atoms with Crippen molar-refractivity contribution >= 4 is 11.7 Å². The molecule has 0 aliphatic heterocycles. The third-order valence-corrected chi connectivity index (χ3v) is 4.05. The van der Waals surface area contributed by atoms with Crippen molar-refractivity contribution in [2.24, 2.45) is 0 Å². The summed E-state index contributed by atoms with van der Waals surface area (Å²) in [5, 5.41) is 3.26. The molecule has 1 heterocycles. The molecular weight excluding hydrogens is 326 g/mol. The van der Waals surface area contributed by atoms with Crippen LogP contribution in [-0.2, 0) is 6.54 Å².